The zero-order valence-electron chi connectivity index (χ0n) is 21.1. The lowest BCUT2D eigenvalue weighted by molar-refractivity contribution is -0.146. The van der Waals surface area contributed by atoms with E-state index in [1.54, 1.807) is 24.3 Å². The number of amides is 6. The van der Waals surface area contributed by atoms with Crippen LogP contribution in [0.25, 0.3) is 11.1 Å². The summed E-state index contributed by atoms with van der Waals surface area (Å²) in [4.78, 5) is 64.8. The molecule has 0 aliphatic carbocycles. The molecule has 3 fully saturated rings. The average molecular weight is 536 g/mol. The van der Waals surface area contributed by atoms with Crippen molar-refractivity contribution < 1.29 is 33.1 Å². The predicted octanol–water partition coefficient (Wildman–Crippen LogP) is 1.83. The van der Waals surface area contributed by atoms with Crippen molar-refractivity contribution in [3.8, 4) is 11.1 Å². The SMILES string of the molecule is CC(=O)NC[C@H]1CN(c2ccc(-c3ccc4c(c3)CC3(C(=O)NC(=O)NC3=O)C3CCCN43)c(F)c2)C(=O)O1. The Morgan fingerprint density at radius 1 is 1.13 bits per heavy atom. The van der Waals surface area contributed by atoms with E-state index >= 15 is 4.39 Å². The van der Waals surface area contributed by atoms with Gasteiger partial charge in [-0.2, -0.15) is 0 Å². The van der Waals surface area contributed by atoms with Crippen LogP contribution in [0.5, 0.6) is 0 Å². The third kappa shape index (κ3) is 3.98. The van der Waals surface area contributed by atoms with Crippen molar-refractivity contribution in [1.29, 1.82) is 0 Å². The third-order valence-corrected chi connectivity index (χ3v) is 7.97. The quantitative estimate of drug-likeness (QED) is 0.508. The van der Waals surface area contributed by atoms with Crippen LogP contribution in [0, 0.1) is 11.2 Å². The van der Waals surface area contributed by atoms with E-state index in [1.165, 1.54) is 17.9 Å². The summed E-state index contributed by atoms with van der Waals surface area (Å²) in [7, 11) is 0. The molecule has 3 N–H and O–H groups in total. The van der Waals surface area contributed by atoms with Gasteiger partial charge in [-0.25, -0.2) is 14.0 Å². The molecule has 0 saturated carbocycles. The van der Waals surface area contributed by atoms with E-state index in [2.05, 4.69) is 16.0 Å². The minimum Gasteiger partial charge on any atom is -0.442 e. The van der Waals surface area contributed by atoms with Gasteiger partial charge in [-0.1, -0.05) is 6.07 Å². The van der Waals surface area contributed by atoms with E-state index in [0.29, 0.717) is 29.8 Å². The van der Waals surface area contributed by atoms with Gasteiger partial charge in [0.05, 0.1) is 24.8 Å². The van der Waals surface area contributed by atoms with E-state index in [9.17, 15) is 24.0 Å². The lowest BCUT2D eigenvalue weighted by Gasteiger charge is -2.47. The normalized spacial score (nSPS) is 23.2. The summed E-state index contributed by atoms with van der Waals surface area (Å²) in [5, 5.41) is 7.13. The van der Waals surface area contributed by atoms with Gasteiger partial charge in [0.2, 0.25) is 17.7 Å². The second kappa shape index (κ2) is 9.07. The molecule has 6 rings (SSSR count). The van der Waals surface area contributed by atoms with Crippen LogP contribution in [0.3, 0.4) is 0 Å². The number of fused-ring (bicyclic) bond motifs is 4. The summed E-state index contributed by atoms with van der Waals surface area (Å²) in [5.41, 5.74) is 1.29. The second-order valence-corrected chi connectivity index (χ2v) is 10.3. The Morgan fingerprint density at radius 2 is 1.90 bits per heavy atom. The number of nitrogens with one attached hydrogen (secondary N) is 3. The number of halogens is 1. The zero-order valence-corrected chi connectivity index (χ0v) is 21.1. The van der Waals surface area contributed by atoms with E-state index in [4.69, 9.17) is 4.74 Å². The van der Waals surface area contributed by atoms with Crippen molar-refractivity contribution in [3.05, 3.63) is 47.8 Å². The molecule has 12 heteroatoms. The van der Waals surface area contributed by atoms with Gasteiger partial charge in [0.15, 0.2) is 5.41 Å². The largest absolute Gasteiger partial charge is 0.442 e. The van der Waals surface area contributed by atoms with Gasteiger partial charge >= 0.3 is 12.1 Å². The maximum absolute atomic E-state index is 15.4. The molecule has 39 heavy (non-hydrogen) atoms. The van der Waals surface area contributed by atoms with Crippen molar-refractivity contribution in [2.24, 2.45) is 5.41 Å². The van der Waals surface area contributed by atoms with Gasteiger partial charge in [-0.05, 0) is 60.7 Å². The lowest BCUT2D eigenvalue weighted by Crippen LogP contribution is -2.70. The Kier molecular flexibility index (Phi) is 5.77. The highest BCUT2D eigenvalue weighted by Gasteiger charge is 2.60. The van der Waals surface area contributed by atoms with Gasteiger partial charge in [-0.15, -0.1) is 0 Å². The molecule has 4 aliphatic rings. The molecule has 2 aromatic rings. The molecule has 1 unspecified atom stereocenters. The molecule has 11 nitrogen and oxygen atoms in total. The number of anilines is 2. The van der Waals surface area contributed by atoms with Gasteiger partial charge in [-0.3, -0.25) is 29.9 Å². The van der Waals surface area contributed by atoms with Crippen LogP contribution >= 0.6 is 0 Å². The van der Waals surface area contributed by atoms with Crippen molar-refractivity contribution in [1.82, 2.24) is 16.0 Å². The fourth-order valence-corrected chi connectivity index (χ4v) is 6.19. The zero-order chi connectivity index (χ0) is 27.5. The van der Waals surface area contributed by atoms with Crippen molar-refractivity contribution in [3.63, 3.8) is 0 Å². The maximum Gasteiger partial charge on any atom is 0.414 e. The molecule has 4 aliphatic heterocycles. The molecule has 6 amide bonds. The van der Waals surface area contributed by atoms with Crippen LogP contribution in [0.2, 0.25) is 0 Å². The van der Waals surface area contributed by atoms with Gasteiger partial charge in [0.25, 0.3) is 0 Å². The molecule has 3 saturated heterocycles. The first kappa shape index (κ1) is 24.8. The number of cyclic esters (lactones) is 1. The highest BCUT2D eigenvalue weighted by molar-refractivity contribution is 6.20. The topological polar surface area (TPSA) is 137 Å². The number of carbonyl (C=O) groups excluding carboxylic acids is 5. The number of imide groups is 2. The number of rotatable bonds is 4. The molecule has 0 aromatic heterocycles. The molecule has 2 aromatic carbocycles. The molecule has 0 bridgehead atoms. The smallest absolute Gasteiger partial charge is 0.414 e. The number of urea groups is 1. The fourth-order valence-electron chi connectivity index (χ4n) is 6.19. The molecule has 0 radical (unpaired) electrons. The van der Waals surface area contributed by atoms with Crippen LogP contribution in [-0.4, -0.2) is 61.6 Å². The minimum atomic E-state index is -1.46. The van der Waals surface area contributed by atoms with Crippen molar-refractivity contribution >= 4 is 41.2 Å². The standard InChI is InChI=1S/C27H26FN5O6/c1-14(34)29-12-18-13-33(26(38)39-18)17-5-6-19(20(28)10-17)15-4-7-21-16(9-15)11-27(22-3-2-8-32(21)22)23(35)30-25(37)31-24(27)36/h4-7,9-10,18,22H,2-3,8,11-13H2,1H3,(H,29,34)(H2,30,31,35,36,37)/t18-,22?/m0/s1. The lowest BCUT2D eigenvalue weighted by atomic mass is 9.68. The van der Waals surface area contributed by atoms with Crippen molar-refractivity contribution in [2.75, 3.05) is 29.4 Å². The molecular formula is C27H26FN5O6. The molecule has 2 atom stereocenters. The van der Waals surface area contributed by atoms with E-state index < -0.39 is 41.3 Å². The summed E-state index contributed by atoms with van der Waals surface area (Å²) >= 11 is 0. The number of ether oxygens (including phenoxy) is 1. The van der Waals surface area contributed by atoms with Crippen LogP contribution < -0.4 is 25.8 Å². The minimum absolute atomic E-state index is 0.0806. The molecule has 4 heterocycles. The van der Waals surface area contributed by atoms with Gasteiger partial charge in [0, 0.05) is 24.7 Å². The summed E-state index contributed by atoms with van der Waals surface area (Å²) in [6, 6.07) is 8.67. The van der Waals surface area contributed by atoms with Crippen molar-refractivity contribution in [2.45, 2.75) is 38.3 Å². The number of barbiturate groups is 1. The molecule has 1 spiro atoms. The maximum atomic E-state index is 15.4. The summed E-state index contributed by atoms with van der Waals surface area (Å²) in [6.45, 7) is 2.36. The van der Waals surface area contributed by atoms with Crippen LogP contribution in [0.15, 0.2) is 36.4 Å². The Balaban J connectivity index is 1.30. The first-order chi connectivity index (χ1) is 18.7. The first-order valence-electron chi connectivity index (χ1n) is 12.8. The third-order valence-electron chi connectivity index (χ3n) is 7.97. The number of nitrogens with zero attached hydrogens (tertiary/aromatic N) is 2. The number of benzene rings is 2. The second-order valence-electron chi connectivity index (χ2n) is 10.3. The molecular weight excluding hydrogens is 509 g/mol. The van der Waals surface area contributed by atoms with Gasteiger partial charge in [0.1, 0.15) is 11.9 Å². The monoisotopic (exact) mass is 535 g/mol. The number of hydrogen-bond acceptors (Lipinski definition) is 7. The summed E-state index contributed by atoms with van der Waals surface area (Å²) in [5.74, 6) is -2.04. The fraction of sp³-hybridized carbons (Fsp3) is 0.370. The van der Waals surface area contributed by atoms with E-state index in [-0.39, 0.29) is 37.0 Å². The van der Waals surface area contributed by atoms with Crippen LogP contribution in [-0.2, 0) is 25.5 Å². The van der Waals surface area contributed by atoms with Gasteiger partial charge < -0.3 is 15.0 Å². The summed E-state index contributed by atoms with van der Waals surface area (Å²) < 4.78 is 20.7. The highest BCUT2D eigenvalue weighted by Crippen LogP contribution is 2.48. The Labute approximate surface area is 222 Å². The predicted molar refractivity (Wildman–Crippen MR) is 136 cm³/mol. The van der Waals surface area contributed by atoms with Crippen LogP contribution in [0.4, 0.5) is 25.4 Å². The number of hydrogen-bond donors (Lipinski definition) is 3. The summed E-state index contributed by atoms with van der Waals surface area (Å²) in [6.07, 6.45) is 0.340. The Morgan fingerprint density at radius 3 is 2.62 bits per heavy atom. The first-order valence-corrected chi connectivity index (χ1v) is 12.8. The molecule has 202 valence electrons. The highest BCUT2D eigenvalue weighted by atomic mass is 19.1. The van der Waals surface area contributed by atoms with E-state index in [0.717, 1.165) is 12.1 Å². The Hall–Kier alpha value is -4.48. The number of carbonyl (C=O) groups is 5. The van der Waals surface area contributed by atoms with E-state index in [1.807, 2.05) is 11.0 Å². The van der Waals surface area contributed by atoms with Crippen LogP contribution in [0.1, 0.15) is 25.3 Å². The Bertz CT molecular complexity index is 1420. The average Bonchev–Trinajstić information content (AvgIpc) is 3.53.